The summed E-state index contributed by atoms with van der Waals surface area (Å²) < 4.78 is 13.1. The number of rotatable bonds is 9. The van der Waals surface area contributed by atoms with Crippen molar-refractivity contribution in [2.24, 2.45) is 5.92 Å². The Morgan fingerprint density at radius 2 is 1.66 bits per heavy atom. The minimum Gasteiger partial charge on any atom is -0.505 e. The summed E-state index contributed by atoms with van der Waals surface area (Å²) in [4.78, 5) is 1.54. The Labute approximate surface area is 195 Å². The molecule has 0 aliphatic heterocycles. The van der Waals surface area contributed by atoms with Gasteiger partial charge < -0.3 is 13.3 Å². The van der Waals surface area contributed by atoms with Gasteiger partial charge in [0.05, 0.1) is 0 Å². The van der Waals surface area contributed by atoms with Gasteiger partial charge in [0.15, 0.2) is 17.4 Å². The molecule has 3 rings (SSSR count). The summed E-state index contributed by atoms with van der Waals surface area (Å²) in [6.07, 6.45) is 0.752. The molecular formula is C23H37N3O3Si3. The first-order valence-corrected chi connectivity index (χ1v) is 20.1. The molecule has 2 atom stereocenters. The standard InChI is InChI=1S/C23H37N3O3Si3/c1-17-13-19(14-18(2)16-32(8,28-30(3)4)29-31(5,6)7)23(27)22(15-17)26-24-20-11-9-10-12-21(20)25-26/h9-13,15,18,27,30H,14,16H2,1-8H3. The van der Waals surface area contributed by atoms with Crippen molar-refractivity contribution in [3.8, 4) is 11.4 Å². The predicted octanol–water partition coefficient (Wildman–Crippen LogP) is 5.54. The first-order valence-electron chi connectivity index (χ1n) is 11.4. The molecule has 0 aliphatic carbocycles. The van der Waals surface area contributed by atoms with E-state index in [4.69, 9.17) is 8.23 Å². The van der Waals surface area contributed by atoms with E-state index in [-0.39, 0.29) is 5.75 Å². The van der Waals surface area contributed by atoms with Crippen molar-refractivity contribution in [3.63, 3.8) is 0 Å². The Kier molecular flexibility index (Phi) is 7.45. The number of aromatic nitrogens is 3. The molecule has 1 heterocycles. The van der Waals surface area contributed by atoms with Gasteiger partial charge in [-0.15, -0.1) is 15.0 Å². The van der Waals surface area contributed by atoms with E-state index in [1.165, 1.54) is 0 Å². The van der Waals surface area contributed by atoms with Gasteiger partial charge in [0.2, 0.25) is 0 Å². The van der Waals surface area contributed by atoms with Crippen molar-refractivity contribution >= 4 is 37.0 Å². The van der Waals surface area contributed by atoms with Crippen molar-refractivity contribution < 1.29 is 13.3 Å². The third kappa shape index (κ3) is 6.38. The quantitative estimate of drug-likeness (QED) is 0.402. The molecule has 2 aromatic carbocycles. The average Bonchev–Trinajstić information content (AvgIpc) is 3.05. The summed E-state index contributed by atoms with van der Waals surface area (Å²) >= 11 is 0. The Hall–Kier alpha value is -1.79. The highest BCUT2D eigenvalue weighted by atomic mass is 28.5. The van der Waals surface area contributed by atoms with Crippen LogP contribution in [0.25, 0.3) is 16.7 Å². The molecule has 32 heavy (non-hydrogen) atoms. The van der Waals surface area contributed by atoms with E-state index >= 15 is 0 Å². The van der Waals surface area contributed by atoms with Crippen molar-refractivity contribution in [1.29, 1.82) is 0 Å². The van der Waals surface area contributed by atoms with Crippen LogP contribution < -0.4 is 0 Å². The van der Waals surface area contributed by atoms with Crippen LogP contribution in [0.3, 0.4) is 0 Å². The van der Waals surface area contributed by atoms with Crippen molar-refractivity contribution in [1.82, 2.24) is 15.0 Å². The monoisotopic (exact) mass is 487 g/mol. The third-order valence-corrected chi connectivity index (χ3v) is 14.6. The van der Waals surface area contributed by atoms with E-state index in [9.17, 15) is 5.11 Å². The highest BCUT2D eigenvalue weighted by Crippen LogP contribution is 2.33. The van der Waals surface area contributed by atoms with E-state index in [1.54, 1.807) is 4.80 Å². The summed E-state index contributed by atoms with van der Waals surface area (Å²) in [7, 11) is -5.22. The SMILES string of the molecule is Cc1cc(CC(C)C[Si](C)(O[SiH](C)C)O[Si](C)(C)C)c(O)c(-n2nc3ccccc3n2)c1. The Morgan fingerprint density at radius 1 is 1.06 bits per heavy atom. The molecule has 0 saturated heterocycles. The van der Waals surface area contributed by atoms with Gasteiger partial charge in [-0.1, -0.05) is 25.1 Å². The van der Waals surface area contributed by atoms with E-state index in [1.807, 2.05) is 37.3 Å². The lowest BCUT2D eigenvalue weighted by Gasteiger charge is -2.37. The van der Waals surface area contributed by atoms with Crippen LogP contribution in [0.5, 0.6) is 5.75 Å². The summed E-state index contributed by atoms with van der Waals surface area (Å²) in [5.41, 5.74) is 4.23. The van der Waals surface area contributed by atoms with Crippen molar-refractivity contribution in [2.45, 2.75) is 65.6 Å². The number of nitrogens with zero attached hydrogens (tertiary/aromatic N) is 3. The molecular weight excluding hydrogens is 451 g/mol. The predicted molar refractivity (Wildman–Crippen MR) is 139 cm³/mol. The maximum atomic E-state index is 11.1. The molecule has 174 valence electrons. The summed E-state index contributed by atoms with van der Waals surface area (Å²) in [6, 6.07) is 12.6. The topological polar surface area (TPSA) is 69.4 Å². The number of phenolic OH excluding ortho intramolecular Hbond substituents is 1. The second-order valence-corrected chi connectivity index (χ2v) is 21.1. The molecule has 0 amide bonds. The van der Waals surface area contributed by atoms with Gasteiger partial charge in [0, 0.05) is 0 Å². The fraction of sp³-hybridized carbons (Fsp3) is 0.478. The lowest BCUT2D eigenvalue weighted by molar-refractivity contribution is 0.375. The van der Waals surface area contributed by atoms with Crippen LogP contribution in [-0.2, 0) is 14.7 Å². The number of benzene rings is 2. The fourth-order valence-electron chi connectivity index (χ4n) is 4.45. The fourth-order valence-corrected chi connectivity index (χ4v) is 16.4. The molecule has 0 bridgehead atoms. The van der Waals surface area contributed by atoms with Crippen LogP contribution in [0, 0.1) is 12.8 Å². The Bertz CT molecular complexity index is 1050. The molecule has 1 aromatic heterocycles. The average molecular weight is 488 g/mol. The number of aryl methyl sites for hydroxylation is 1. The van der Waals surface area contributed by atoms with E-state index < -0.39 is 25.9 Å². The lowest BCUT2D eigenvalue weighted by Crippen LogP contribution is -2.50. The van der Waals surface area contributed by atoms with Crippen molar-refractivity contribution in [2.75, 3.05) is 0 Å². The van der Waals surface area contributed by atoms with Crippen LogP contribution in [0.1, 0.15) is 18.1 Å². The third-order valence-electron chi connectivity index (χ3n) is 5.11. The van der Waals surface area contributed by atoms with Crippen LogP contribution in [-0.4, -0.2) is 46.0 Å². The van der Waals surface area contributed by atoms with Gasteiger partial charge in [0.1, 0.15) is 22.5 Å². The van der Waals surface area contributed by atoms with Gasteiger partial charge in [-0.05, 0) is 93.9 Å². The number of hydrogen-bond acceptors (Lipinski definition) is 5. The summed E-state index contributed by atoms with van der Waals surface area (Å²) in [5.74, 6) is 0.567. The van der Waals surface area contributed by atoms with Crippen LogP contribution in [0.2, 0.25) is 45.3 Å². The zero-order valence-electron chi connectivity index (χ0n) is 20.6. The zero-order valence-corrected chi connectivity index (χ0v) is 23.8. The molecule has 0 saturated carbocycles. The van der Waals surface area contributed by atoms with Crippen LogP contribution in [0.4, 0.5) is 0 Å². The first kappa shape index (κ1) is 24.8. The molecule has 9 heteroatoms. The van der Waals surface area contributed by atoms with E-state index in [0.29, 0.717) is 11.6 Å². The van der Waals surface area contributed by atoms with Gasteiger partial charge >= 0.3 is 8.56 Å². The summed E-state index contributed by atoms with van der Waals surface area (Å²) in [5, 5.41) is 20.3. The van der Waals surface area contributed by atoms with Crippen LogP contribution in [0.15, 0.2) is 36.4 Å². The van der Waals surface area contributed by atoms with E-state index in [0.717, 1.165) is 34.6 Å². The molecule has 0 aliphatic rings. The molecule has 0 radical (unpaired) electrons. The first-order chi connectivity index (χ1) is 14.8. The molecule has 1 N–H and O–H groups in total. The number of hydrogen-bond donors (Lipinski definition) is 1. The maximum absolute atomic E-state index is 11.1. The Balaban J connectivity index is 1.86. The molecule has 0 fully saturated rings. The smallest absolute Gasteiger partial charge is 0.314 e. The number of phenols is 1. The Morgan fingerprint density at radius 3 is 2.19 bits per heavy atom. The maximum Gasteiger partial charge on any atom is 0.314 e. The molecule has 3 aromatic rings. The highest BCUT2D eigenvalue weighted by Gasteiger charge is 2.38. The largest absolute Gasteiger partial charge is 0.505 e. The van der Waals surface area contributed by atoms with Gasteiger partial charge in [-0.2, -0.15) is 0 Å². The minimum absolute atomic E-state index is 0.247. The molecule has 2 unspecified atom stereocenters. The van der Waals surface area contributed by atoms with E-state index in [2.05, 4.69) is 62.5 Å². The normalized spacial score (nSPS) is 15.3. The molecule has 0 spiro atoms. The zero-order chi connectivity index (χ0) is 23.7. The van der Waals surface area contributed by atoms with Crippen LogP contribution >= 0.6 is 0 Å². The lowest BCUT2D eigenvalue weighted by atomic mass is 9.99. The van der Waals surface area contributed by atoms with Gasteiger partial charge in [-0.25, -0.2) is 0 Å². The van der Waals surface area contributed by atoms with Gasteiger partial charge in [0.25, 0.3) is 0 Å². The number of fused-ring (bicyclic) bond motifs is 1. The summed E-state index contributed by atoms with van der Waals surface area (Å²) in [6.45, 7) is 17.6. The van der Waals surface area contributed by atoms with Crippen molar-refractivity contribution in [3.05, 3.63) is 47.5 Å². The highest BCUT2D eigenvalue weighted by molar-refractivity contribution is 6.84. The number of aromatic hydroxyl groups is 1. The molecule has 6 nitrogen and oxygen atoms in total. The second-order valence-electron chi connectivity index (χ2n) is 10.3. The second kappa shape index (κ2) is 9.60. The van der Waals surface area contributed by atoms with Gasteiger partial charge in [-0.3, -0.25) is 0 Å². The minimum atomic E-state index is -2.28.